The lowest BCUT2D eigenvalue weighted by molar-refractivity contribution is -0.130. The zero-order valence-corrected chi connectivity index (χ0v) is 11.0. The number of hydrogen-bond donors (Lipinski definition) is 0. The molecule has 98 valence electrons. The van der Waals surface area contributed by atoms with Crippen molar-refractivity contribution in [3.8, 4) is 0 Å². The van der Waals surface area contributed by atoms with E-state index in [4.69, 9.17) is 11.6 Å². The molecule has 1 aliphatic heterocycles. The molecule has 4 heteroatoms. The predicted molar refractivity (Wildman–Crippen MR) is 70.0 cm³/mol. The summed E-state index contributed by atoms with van der Waals surface area (Å²) in [6.07, 6.45) is 4.43. The summed E-state index contributed by atoms with van der Waals surface area (Å²) in [7, 11) is 0. The van der Waals surface area contributed by atoms with Gasteiger partial charge in [0.05, 0.1) is 0 Å². The molecule has 1 unspecified atom stereocenters. The lowest BCUT2D eigenvalue weighted by Gasteiger charge is -2.23. The van der Waals surface area contributed by atoms with Crippen molar-refractivity contribution in [3.05, 3.63) is 35.6 Å². The zero-order chi connectivity index (χ0) is 13.0. The maximum Gasteiger partial charge on any atom is 0.245 e. The van der Waals surface area contributed by atoms with Crippen molar-refractivity contribution >= 4 is 17.5 Å². The molecule has 1 amide bonds. The fourth-order valence-electron chi connectivity index (χ4n) is 2.23. The first kappa shape index (κ1) is 13.3. The lowest BCUT2D eigenvalue weighted by Crippen LogP contribution is -2.34. The van der Waals surface area contributed by atoms with Crippen LogP contribution >= 0.6 is 11.6 Å². The topological polar surface area (TPSA) is 20.3 Å². The Morgan fingerprint density at radius 3 is 2.22 bits per heavy atom. The molecule has 1 aromatic rings. The normalized spacial score (nSPS) is 18.2. The van der Waals surface area contributed by atoms with Gasteiger partial charge in [0.25, 0.3) is 0 Å². The van der Waals surface area contributed by atoms with Crippen LogP contribution in [0.1, 0.15) is 36.6 Å². The first-order chi connectivity index (χ1) is 8.68. The van der Waals surface area contributed by atoms with Crippen LogP contribution in [-0.2, 0) is 4.79 Å². The van der Waals surface area contributed by atoms with E-state index in [1.165, 1.54) is 25.0 Å². The average molecular weight is 270 g/mol. The van der Waals surface area contributed by atoms with E-state index in [2.05, 4.69) is 0 Å². The monoisotopic (exact) mass is 269 g/mol. The van der Waals surface area contributed by atoms with Gasteiger partial charge in [-0.1, -0.05) is 25.0 Å². The van der Waals surface area contributed by atoms with Crippen LogP contribution < -0.4 is 0 Å². The second kappa shape index (κ2) is 6.19. The summed E-state index contributed by atoms with van der Waals surface area (Å²) < 4.78 is 12.8. The largest absolute Gasteiger partial charge is 0.341 e. The summed E-state index contributed by atoms with van der Waals surface area (Å²) in [6, 6.07) is 5.81. The van der Waals surface area contributed by atoms with Crippen molar-refractivity contribution in [1.29, 1.82) is 0 Å². The van der Waals surface area contributed by atoms with Gasteiger partial charge < -0.3 is 4.90 Å². The molecule has 0 saturated carbocycles. The average Bonchev–Trinajstić information content (AvgIpc) is 2.67. The third-order valence-corrected chi connectivity index (χ3v) is 3.74. The van der Waals surface area contributed by atoms with Crippen molar-refractivity contribution in [3.63, 3.8) is 0 Å². The van der Waals surface area contributed by atoms with Crippen molar-refractivity contribution in [2.24, 2.45) is 0 Å². The Kier molecular flexibility index (Phi) is 4.59. The Balaban J connectivity index is 2.05. The van der Waals surface area contributed by atoms with Gasteiger partial charge in [0.1, 0.15) is 11.2 Å². The molecule has 0 radical (unpaired) electrons. The fourth-order valence-corrected chi connectivity index (χ4v) is 2.51. The highest BCUT2D eigenvalue weighted by Gasteiger charge is 2.24. The minimum absolute atomic E-state index is 0.0647. The van der Waals surface area contributed by atoms with E-state index < -0.39 is 5.38 Å². The molecular weight excluding hydrogens is 253 g/mol. The van der Waals surface area contributed by atoms with Crippen LogP contribution in [0.25, 0.3) is 0 Å². The highest BCUT2D eigenvalue weighted by molar-refractivity contribution is 6.30. The molecule has 0 N–H and O–H groups in total. The van der Waals surface area contributed by atoms with Crippen LogP contribution in [0.4, 0.5) is 4.39 Å². The third-order valence-electron chi connectivity index (χ3n) is 3.30. The number of likely N-dealkylation sites (tertiary alicyclic amines) is 1. The molecule has 2 nitrogen and oxygen atoms in total. The maximum atomic E-state index is 12.8. The number of rotatable bonds is 2. The molecule has 2 rings (SSSR count). The van der Waals surface area contributed by atoms with Gasteiger partial charge in [-0.05, 0) is 30.5 Å². The molecule has 1 fully saturated rings. The summed E-state index contributed by atoms with van der Waals surface area (Å²) in [4.78, 5) is 14.1. The third kappa shape index (κ3) is 3.22. The standard InChI is InChI=1S/C14H17ClFNO/c15-13(11-5-7-12(16)8-6-11)14(18)17-9-3-1-2-4-10-17/h5-8,13H,1-4,9-10H2. The first-order valence-electron chi connectivity index (χ1n) is 6.37. The fraction of sp³-hybridized carbons (Fsp3) is 0.500. The number of nitrogens with zero attached hydrogens (tertiary/aromatic N) is 1. The zero-order valence-electron chi connectivity index (χ0n) is 10.2. The summed E-state index contributed by atoms with van der Waals surface area (Å²) in [5, 5.41) is -0.705. The Labute approximate surface area is 112 Å². The van der Waals surface area contributed by atoms with Crippen LogP contribution in [0.15, 0.2) is 24.3 Å². The minimum Gasteiger partial charge on any atom is -0.341 e. The SMILES string of the molecule is O=C(C(Cl)c1ccc(F)cc1)N1CCCCCC1. The number of carbonyl (C=O) groups is 1. The second-order valence-electron chi connectivity index (χ2n) is 4.65. The van der Waals surface area contributed by atoms with E-state index in [-0.39, 0.29) is 11.7 Å². The number of halogens is 2. The van der Waals surface area contributed by atoms with Crippen LogP contribution in [0.2, 0.25) is 0 Å². The number of carbonyl (C=O) groups excluding carboxylic acids is 1. The first-order valence-corrected chi connectivity index (χ1v) is 6.80. The highest BCUT2D eigenvalue weighted by Crippen LogP contribution is 2.24. The molecule has 1 atom stereocenters. The Morgan fingerprint density at radius 2 is 1.67 bits per heavy atom. The van der Waals surface area contributed by atoms with Gasteiger partial charge in [0, 0.05) is 13.1 Å². The molecular formula is C14H17ClFNO. The van der Waals surface area contributed by atoms with Gasteiger partial charge in [-0.15, -0.1) is 11.6 Å². The lowest BCUT2D eigenvalue weighted by atomic mass is 10.1. The summed E-state index contributed by atoms with van der Waals surface area (Å²) in [5.74, 6) is -0.380. The van der Waals surface area contributed by atoms with E-state index in [0.717, 1.165) is 25.9 Å². The van der Waals surface area contributed by atoms with Crippen LogP contribution in [0.5, 0.6) is 0 Å². The Bertz CT molecular complexity index is 399. The van der Waals surface area contributed by atoms with Crippen LogP contribution in [0, 0.1) is 5.82 Å². The number of benzene rings is 1. The molecule has 1 heterocycles. The summed E-state index contributed by atoms with van der Waals surface area (Å²) in [6.45, 7) is 1.56. The van der Waals surface area contributed by atoms with Crippen molar-refractivity contribution in [2.75, 3.05) is 13.1 Å². The van der Waals surface area contributed by atoms with Gasteiger partial charge in [-0.2, -0.15) is 0 Å². The molecule has 1 aliphatic rings. The molecule has 1 aromatic carbocycles. The van der Waals surface area contributed by atoms with E-state index >= 15 is 0 Å². The smallest absolute Gasteiger partial charge is 0.245 e. The van der Waals surface area contributed by atoms with Crippen LogP contribution in [0.3, 0.4) is 0 Å². The number of amides is 1. The highest BCUT2D eigenvalue weighted by atomic mass is 35.5. The predicted octanol–water partition coefficient (Wildman–Crippen LogP) is 3.51. The molecule has 18 heavy (non-hydrogen) atoms. The number of hydrogen-bond acceptors (Lipinski definition) is 1. The summed E-state index contributed by atoms with van der Waals surface area (Å²) >= 11 is 6.18. The molecule has 0 aromatic heterocycles. The van der Waals surface area contributed by atoms with Crippen molar-refractivity contribution in [1.82, 2.24) is 4.90 Å². The van der Waals surface area contributed by atoms with E-state index in [9.17, 15) is 9.18 Å². The molecule has 0 aliphatic carbocycles. The van der Waals surface area contributed by atoms with Gasteiger partial charge in [-0.3, -0.25) is 4.79 Å². The molecule has 0 bridgehead atoms. The van der Waals surface area contributed by atoms with Gasteiger partial charge >= 0.3 is 0 Å². The Morgan fingerprint density at radius 1 is 1.11 bits per heavy atom. The maximum absolute atomic E-state index is 12.8. The second-order valence-corrected chi connectivity index (χ2v) is 5.09. The van der Waals surface area contributed by atoms with E-state index in [1.807, 2.05) is 4.90 Å². The summed E-state index contributed by atoms with van der Waals surface area (Å²) in [5.41, 5.74) is 0.660. The quantitative estimate of drug-likeness (QED) is 0.753. The van der Waals surface area contributed by atoms with E-state index in [1.54, 1.807) is 12.1 Å². The van der Waals surface area contributed by atoms with Crippen LogP contribution in [-0.4, -0.2) is 23.9 Å². The van der Waals surface area contributed by atoms with Gasteiger partial charge in [-0.25, -0.2) is 4.39 Å². The molecule has 1 saturated heterocycles. The van der Waals surface area contributed by atoms with Crippen molar-refractivity contribution in [2.45, 2.75) is 31.1 Å². The molecule has 0 spiro atoms. The minimum atomic E-state index is -0.705. The van der Waals surface area contributed by atoms with E-state index in [0.29, 0.717) is 5.56 Å². The van der Waals surface area contributed by atoms with Gasteiger partial charge in [0.2, 0.25) is 5.91 Å². The number of alkyl halides is 1. The van der Waals surface area contributed by atoms with Gasteiger partial charge in [0.15, 0.2) is 0 Å². The Hall–Kier alpha value is -1.09. The van der Waals surface area contributed by atoms with Crippen molar-refractivity contribution < 1.29 is 9.18 Å².